The van der Waals surface area contributed by atoms with E-state index in [1.807, 2.05) is 25.1 Å². The summed E-state index contributed by atoms with van der Waals surface area (Å²) in [6, 6.07) is 6.19. The van der Waals surface area contributed by atoms with Gasteiger partial charge in [0.25, 0.3) is 0 Å². The predicted octanol–water partition coefficient (Wildman–Crippen LogP) is 4.05. The van der Waals surface area contributed by atoms with Crippen LogP contribution >= 0.6 is 23.2 Å². The van der Waals surface area contributed by atoms with E-state index in [1.165, 1.54) is 0 Å². The Kier molecular flexibility index (Phi) is 6.44. The number of rotatable bonds is 6. The van der Waals surface area contributed by atoms with E-state index in [1.54, 1.807) is 0 Å². The maximum Gasteiger partial charge on any atom is 0.0595 e. The number of nitrogens with one attached hydrogen (secondary N) is 1. The Morgan fingerprint density at radius 1 is 1.22 bits per heavy atom. The van der Waals surface area contributed by atoms with Crippen LogP contribution in [-0.4, -0.2) is 17.8 Å². The van der Waals surface area contributed by atoms with Crippen LogP contribution in [0.25, 0.3) is 0 Å². The molecule has 1 rings (SSSR count). The second-order valence-corrected chi connectivity index (χ2v) is 5.56. The summed E-state index contributed by atoms with van der Waals surface area (Å²) in [7, 11) is 0. The van der Waals surface area contributed by atoms with Gasteiger partial charge < -0.3 is 10.4 Å². The summed E-state index contributed by atoms with van der Waals surface area (Å²) in [6.07, 6.45) is 0.959. The zero-order valence-corrected chi connectivity index (χ0v) is 12.6. The summed E-state index contributed by atoms with van der Waals surface area (Å²) in [5.41, 5.74) is 1.13. The molecule has 0 bridgehead atoms. The van der Waals surface area contributed by atoms with Crippen molar-refractivity contribution in [1.82, 2.24) is 5.32 Å². The summed E-state index contributed by atoms with van der Waals surface area (Å²) in [5.74, 6) is 0.224. The van der Waals surface area contributed by atoms with Crippen molar-refractivity contribution < 1.29 is 5.11 Å². The maximum atomic E-state index is 9.16. The van der Waals surface area contributed by atoms with Gasteiger partial charge in [0.1, 0.15) is 0 Å². The van der Waals surface area contributed by atoms with E-state index in [2.05, 4.69) is 19.2 Å². The lowest BCUT2D eigenvalue weighted by atomic mass is 9.99. The molecule has 0 aliphatic rings. The molecule has 3 atom stereocenters. The van der Waals surface area contributed by atoms with Crippen LogP contribution in [0.5, 0.6) is 0 Å². The van der Waals surface area contributed by atoms with Crippen molar-refractivity contribution in [2.45, 2.75) is 39.3 Å². The van der Waals surface area contributed by atoms with E-state index in [9.17, 15) is 0 Å². The summed E-state index contributed by atoms with van der Waals surface area (Å²) in [6.45, 7) is 6.42. The van der Waals surface area contributed by atoms with Crippen molar-refractivity contribution in [3.8, 4) is 0 Å². The molecule has 18 heavy (non-hydrogen) atoms. The van der Waals surface area contributed by atoms with Gasteiger partial charge in [0.2, 0.25) is 0 Å². The lowest BCUT2D eigenvalue weighted by Gasteiger charge is -2.26. The van der Waals surface area contributed by atoms with Crippen LogP contribution in [-0.2, 0) is 0 Å². The Labute approximate surface area is 119 Å². The predicted molar refractivity (Wildman–Crippen MR) is 78.3 cm³/mol. The fourth-order valence-corrected chi connectivity index (χ4v) is 2.13. The van der Waals surface area contributed by atoms with Crippen LogP contribution in [0, 0.1) is 5.92 Å². The third-order valence-electron chi connectivity index (χ3n) is 3.36. The molecule has 1 aromatic rings. The van der Waals surface area contributed by atoms with Gasteiger partial charge in [0, 0.05) is 18.7 Å². The highest BCUT2D eigenvalue weighted by Crippen LogP contribution is 2.27. The highest BCUT2D eigenvalue weighted by atomic mass is 35.5. The highest BCUT2D eigenvalue weighted by molar-refractivity contribution is 6.42. The number of hydrogen-bond donors (Lipinski definition) is 2. The van der Waals surface area contributed by atoms with Crippen molar-refractivity contribution in [3.05, 3.63) is 33.8 Å². The molecule has 0 aliphatic heterocycles. The third kappa shape index (κ3) is 4.13. The highest BCUT2D eigenvalue weighted by Gasteiger charge is 2.17. The Hall–Kier alpha value is -0.280. The van der Waals surface area contributed by atoms with Crippen molar-refractivity contribution in [1.29, 1.82) is 0 Å². The molecule has 102 valence electrons. The molecule has 0 saturated heterocycles. The van der Waals surface area contributed by atoms with E-state index in [0.717, 1.165) is 12.0 Å². The first kappa shape index (κ1) is 15.8. The van der Waals surface area contributed by atoms with Crippen LogP contribution in [0.4, 0.5) is 0 Å². The van der Waals surface area contributed by atoms with Gasteiger partial charge in [-0.1, -0.05) is 43.1 Å². The van der Waals surface area contributed by atoms with Crippen molar-refractivity contribution in [3.63, 3.8) is 0 Å². The second kappa shape index (κ2) is 7.34. The SMILES string of the molecule is CCC(NC(C)C(C)CO)c1ccc(Cl)c(Cl)c1. The van der Waals surface area contributed by atoms with Gasteiger partial charge in [0.05, 0.1) is 10.0 Å². The summed E-state index contributed by atoms with van der Waals surface area (Å²) in [5, 5.41) is 13.8. The molecular formula is C14H21Cl2NO. The first-order chi connectivity index (χ1) is 8.49. The molecule has 0 aliphatic carbocycles. The van der Waals surface area contributed by atoms with Crippen LogP contribution < -0.4 is 5.32 Å². The molecule has 3 unspecified atom stereocenters. The van der Waals surface area contributed by atoms with Gasteiger partial charge in [-0.05, 0) is 37.0 Å². The van der Waals surface area contributed by atoms with E-state index >= 15 is 0 Å². The molecule has 0 radical (unpaired) electrons. The molecular weight excluding hydrogens is 269 g/mol. The van der Waals surface area contributed by atoms with Crippen molar-refractivity contribution >= 4 is 23.2 Å². The zero-order chi connectivity index (χ0) is 13.7. The van der Waals surface area contributed by atoms with Gasteiger partial charge in [-0.25, -0.2) is 0 Å². The van der Waals surface area contributed by atoms with E-state index in [-0.39, 0.29) is 24.6 Å². The third-order valence-corrected chi connectivity index (χ3v) is 4.10. The van der Waals surface area contributed by atoms with E-state index < -0.39 is 0 Å². The van der Waals surface area contributed by atoms with Crippen LogP contribution in [0.1, 0.15) is 38.8 Å². The van der Waals surface area contributed by atoms with Gasteiger partial charge in [-0.2, -0.15) is 0 Å². The maximum absolute atomic E-state index is 9.16. The number of hydrogen-bond acceptors (Lipinski definition) is 2. The largest absolute Gasteiger partial charge is 0.396 e. The van der Waals surface area contributed by atoms with Gasteiger partial charge >= 0.3 is 0 Å². The molecule has 0 heterocycles. The smallest absolute Gasteiger partial charge is 0.0595 e. The zero-order valence-electron chi connectivity index (χ0n) is 11.1. The average molecular weight is 290 g/mol. The van der Waals surface area contributed by atoms with E-state index in [4.69, 9.17) is 28.3 Å². The molecule has 0 aromatic heterocycles. The van der Waals surface area contributed by atoms with E-state index in [0.29, 0.717) is 10.0 Å². The van der Waals surface area contributed by atoms with Crippen LogP contribution in [0.2, 0.25) is 10.0 Å². The number of aliphatic hydroxyl groups excluding tert-OH is 1. The lowest BCUT2D eigenvalue weighted by molar-refractivity contribution is 0.200. The van der Waals surface area contributed by atoms with Crippen LogP contribution in [0.3, 0.4) is 0 Å². The topological polar surface area (TPSA) is 32.3 Å². The Bertz CT molecular complexity index is 384. The Morgan fingerprint density at radius 2 is 1.89 bits per heavy atom. The fourth-order valence-electron chi connectivity index (χ4n) is 1.82. The minimum atomic E-state index is 0.186. The molecule has 0 saturated carbocycles. The molecule has 0 spiro atoms. The number of benzene rings is 1. The average Bonchev–Trinajstić information content (AvgIpc) is 2.38. The molecule has 2 N–H and O–H groups in total. The summed E-state index contributed by atoms with van der Waals surface area (Å²) >= 11 is 12.0. The van der Waals surface area contributed by atoms with Crippen molar-refractivity contribution in [2.75, 3.05) is 6.61 Å². The van der Waals surface area contributed by atoms with Gasteiger partial charge in [0.15, 0.2) is 0 Å². The van der Waals surface area contributed by atoms with Crippen LogP contribution in [0.15, 0.2) is 18.2 Å². The quantitative estimate of drug-likeness (QED) is 0.828. The first-order valence-corrected chi connectivity index (χ1v) is 7.07. The number of halogens is 2. The standard InChI is InChI=1S/C14H21Cl2NO/c1-4-14(17-10(3)9(2)8-18)11-5-6-12(15)13(16)7-11/h5-7,9-10,14,17-18H,4,8H2,1-3H3. The lowest BCUT2D eigenvalue weighted by Crippen LogP contribution is -2.36. The van der Waals surface area contributed by atoms with Gasteiger partial charge in [-0.3, -0.25) is 0 Å². The van der Waals surface area contributed by atoms with Gasteiger partial charge in [-0.15, -0.1) is 0 Å². The summed E-state index contributed by atoms with van der Waals surface area (Å²) < 4.78 is 0. The molecule has 0 fully saturated rings. The minimum absolute atomic E-state index is 0.186. The Balaban J connectivity index is 2.79. The molecule has 1 aromatic carbocycles. The molecule has 0 amide bonds. The van der Waals surface area contributed by atoms with Crippen molar-refractivity contribution in [2.24, 2.45) is 5.92 Å². The molecule has 2 nitrogen and oxygen atoms in total. The number of aliphatic hydroxyl groups is 1. The summed E-state index contributed by atoms with van der Waals surface area (Å²) in [4.78, 5) is 0. The second-order valence-electron chi connectivity index (χ2n) is 4.75. The fraction of sp³-hybridized carbons (Fsp3) is 0.571. The first-order valence-electron chi connectivity index (χ1n) is 6.31. The molecule has 4 heteroatoms. The monoisotopic (exact) mass is 289 g/mol. The minimum Gasteiger partial charge on any atom is -0.396 e. The Morgan fingerprint density at radius 3 is 2.39 bits per heavy atom. The normalized spacial score (nSPS) is 16.3.